The first-order chi connectivity index (χ1) is 7.13. The van der Waals surface area contributed by atoms with E-state index in [1.54, 1.807) is 0 Å². The zero-order chi connectivity index (χ0) is 11.3. The molecule has 0 aromatic heterocycles. The first-order valence-corrected chi connectivity index (χ1v) is 5.20. The molecule has 0 aliphatic heterocycles. The van der Waals surface area contributed by atoms with E-state index < -0.39 is 0 Å². The number of anilines is 2. The Morgan fingerprint density at radius 3 is 2.27 bits per heavy atom. The lowest BCUT2D eigenvalue weighted by atomic mass is 10.2. The van der Waals surface area contributed by atoms with Gasteiger partial charge in [0.15, 0.2) is 0 Å². The number of rotatable bonds is 3. The molecule has 80 valence electrons. The average molecular weight is 222 g/mol. The van der Waals surface area contributed by atoms with E-state index in [1.165, 1.54) is 6.92 Å². The Labute approximate surface area is 94.9 Å². The molecule has 0 radical (unpaired) electrons. The Morgan fingerprint density at radius 2 is 1.80 bits per heavy atom. The monoisotopic (exact) mass is 222 g/mol. The van der Waals surface area contributed by atoms with Gasteiger partial charge in [0.1, 0.15) is 0 Å². The highest BCUT2D eigenvalue weighted by atomic mass is 32.1. The van der Waals surface area contributed by atoms with Crippen molar-refractivity contribution in [1.82, 2.24) is 0 Å². The summed E-state index contributed by atoms with van der Waals surface area (Å²) in [6, 6.07) is 7.48. The van der Waals surface area contributed by atoms with Crippen molar-refractivity contribution in [3.63, 3.8) is 0 Å². The molecule has 0 aliphatic rings. The molecule has 1 aromatic carbocycles. The summed E-state index contributed by atoms with van der Waals surface area (Å²) in [5.74, 6) is -0.0910. The van der Waals surface area contributed by atoms with Gasteiger partial charge in [-0.05, 0) is 18.6 Å². The van der Waals surface area contributed by atoms with E-state index in [0.717, 1.165) is 22.8 Å². The smallest absolute Gasteiger partial charge is 0.221 e. The van der Waals surface area contributed by atoms with Gasteiger partial charge in [-0.15, -0.1) is 0 Å². The van der Waals surface area contributed by atoms with Crippen LogP contribution in [-0.4, -0.2) is 10.9 Å². The van der Waals surface area contributed by atoms with Crippen LogP contribution in [0, 0.1) is 0 Å². The van der Waals surface area contributed by atoms with Gasteiger partial charge in [-0.1, -0.05) is 31.3 Å². The highest BCUT2D eigenvalue weighted by Crippen LogP contribution is 2.21. The van der Waals surface area contributed by atoms with Gasteiger partial charge in [0.25, 0.3) is 0 Å². The Balaban J connectivity index is 2.85. The molecule has 0 fully saturated rings. The third kappa shape index (κ3) is 3.67. The van der Waals surface area contributed by atoms with Crippen molar-refractivity contribution in [2.45, 2.75) is 20.3 Å². The fourth-order valence-corrected chi connectivity index (χ4v) is 1.24. The number of nitrogens with one attached hydrogen (secondary N) is 2. The molecule has 0 bridgehead atoms. The van der Waals surface area contributed by atoms with Gasteiger partial charge in [0.2, 0.25) is 5.91 Å². The molecule has 15 heavy (non-hydrogen) atoms. The standard InChI is InChI=1S/C11H14N2OS/c1-3-11(15)13-10-7-5-4-6-9(10)12-8(2)14/h4-7H,3H2,1-2H3,(H,12,14)(H,13,15). The number of carbonyl (C=O) groups excluding carboxylic acids is 1. The molecule has 0 unspecified atom stereocenters. The van der Waals surface area contributed by atoms with Gasteiger partial charge in [-0.2, -0.15) is 0 Å². The van der Waals surface area contributed by atoms with Crippen molar-refractivity contribution in [3.8, 4) is 0 Å². The van der Waals surface area contributed by atoms with Crippen molar-refractivity contribution in [2.24, 2.45) is 0 Å². The molecule has 0 atom stereocenters. The minimum absolute atomic E-state index is 0.0910. The van der Waals surface area contributed by atoms with E-state index in [1.807, 2.05) is 31.2 Å². The highest BCUT2D eigenvalue weighted by molar-refractivity contribution is 7.80. The molecule has 0 aliphatic carbocycles. The van der Waals surface area contributed by atoms with Gasteiger partial charge < -0.3 is 10.6 Å². The summed E-state index contributed by atoms with van der Waals surface area (Å²) in [6.45, 7) is 3.46. The van der Waals surface area contributed by atoms with Crippen LogP contribution in [0.3, 0.4) is 0 Å². The van der Waals surface area contributed by atoms with Gasteiger partial charge in [-0.25, -0.2) is 0 Å². The quantitative estimate of drug-likeness (QED) is 0.773. The van der Waals surface area contributed by atoms with Gasteiger partial charge in [-0.3, -0.25) is 4.79 Å². The number of thiocarbonyl (C=S) groups is 1. The van der Waals surface area contributed by atoms with Gasteiger partial charge >= 0.3 is 0 Å². The van der Waals surface area contributed by atoms with Crippen molar-refractivity contribution in [3.05, 3.63) is 24.3 Å². The second-order valence-electron chi connectivity index (χ2n) is 3.13. The van der Waals surface area contributed by atoms with E-state index in [2.05, 4.69) is 10.6 Å². The van der Waals surface area contributed by atoms with Crippen LogP contribution in [0.2, 0.25) is 0 Å². The number of hydrogen-bond acceptors (Lipinski definition) is 2. The maximum Gasteiger partial charge on any atom is 0.221 e. The molecule has 1 rings (SSSR count). The van der Waals surface area contributed by atoms with E-state index >= 15 is 0 Å². The first-order valence-electron chi connectivity index (χ1n) is 4.80. The summed E-state index contributed by atoms with van der Waals surface area (Å²) in [5.41, 5.74) is 1.58. The van der Waals surface area contributed by atoms with E-state index in [-0.39, 0.29) is 5.91 Å². The maximum atomic E-state index is 10.9. The van der Waals surface area contributed by atoms with E-state index in [0.29, 0.717) is 0 Å². The summed E-state index contributed by atoms with van der Waals surface area (Å²) in [5, 5.41) is 5.82. The van der Waals surface area contributed by atoms with Crippen molar-refractivity contribution in [1.29, 1.82) is 0 Å². The number of amides is 1. The Kier molecular flexibility index (Phi) is 4.24. The summed E-state index contributed by atoms with van der Waals surface area (Å²) < 4.78 is 0. The fourth-order valence-electron chi connectivity index (χ4n) is 1.13. The van der Waals surface area contributed by atoms with Gasteiger partial charge in [0.05, 0.1) is 16.4 Å². The predicted octanol–water partition coefficient (Wildman–Crippen LogP) is 2.79. The molecule has 0 spiro atoms. The predicted molar refractivity (Wildman–Crippen MR) is 67.3 cm³/mol. The second kappa shape index (κ2) is 5.46. The van der Waals surface area contributed by atoms with Crippen LogP contribution in [-0.2, 0) is 4.79 Å². The molecule has 0 heterocycles. The third-order valence-corrected chi connectivity index (χ3v) is 2.22. The third-order valence-electron chi connectivity index (χ3n) is 1.83. The van der Waals surface area contributed by atoms with Crippen LogP contribution in [0.25, 0.3) is 0 Å². The zero-order valence-electron chi connectivity index (χ0n) is 8.83. The Bertz CT molecular complexity index is 377. The van der Waals surface area contributed by atoms with Crippen LogP contribution in [0.15, 0.2) is 24.3 Å². The molecule has 0 saturated heterocycles. The molecule has 3 nitrogen and oxygen atoms in total. The normalized spacial score (nSPS) is 9.47. The van der Waals surface area contributed by atoms with Crippen LogP contribution >= 0.6 is 12.2 Å². The van der Waals surface area contributed by atoms with Crippen molar-refractivity contribution < 1.29 is 4.79 Å². The van der Waals surface area contributed by atoms with Crippen molar-refractivity contribution >= 4 is 34.5 Å². The Hall–Kier alpha value is -1.42. The minimum atomic E-state index is -0.0910. The number of benzene rings is 1. The highest BCUT2D eigenvalue weighted by Gasteiger charge is 2.03. The van der Waals surface area contributed by atoms with Gasteiger partial charge in [0, 0.05) is 6.92 Å². The maximum absolute atomic E-state index is 10.9. The zero-order valence-corrected chi connectivity index (χ0v) is 9.65. The molecule has 2 N–H and O–H groups in total. The van der Waals surface area contributed by atoms with E-state index in [9.17, 15) is 4.79 Å². The minimum Gasteiger partial charge on any atom is -0.348 e. The van der Waals surface area contributed by atoms with E-state index in [4.69, 9.17) is 12.2 Å². The summed E-state index contributed by atoms with van der Waals surface area (Å²) >= 11 is 5.09. The van der Waals surface area contributed by atoms with Crippen LogP contribution in [0.5, 0.6) is 0 Å². The largest absolute Gasteiger partial charge is 0.348 e. The lowest BCUT2D eigenvalue weighted by Gasteiger charge is -2.11. The second-order valence-corrected chi connectivity index (χ2v) is 3.62. The van der Waals surface area contributed by atoms with Crippen molar-refractivity contribution in [2.75, 3.05) is 10.6 Å². The molecule has 1 amide bonds. The lowest BCUT2D eigenvalue weighted by Crippen LogP contribution is -2.12. The van der Waals surface area contributed by atoms with Crippen LogP contribution in [0.4, 0.5) is 11.4 Å². The number of hydrogen-bond donors (Lipinski definition) is 2. The number of carbonyl (C=O) groups is 1. The molecule has 4 heteroatoms. The first kappa shape index (κ1) is 11.7. The van der Waals surface area contributed by atoms with Crippen LogP contribution in [0.1, 0.15) is 20.3 Å². The Morgan fingerprint density at radius 1 is 1.27 bits per heavy atom. The molecular formula is C11H14N2OS. The summed E-state index contributed by atoms with van der Waals surface area (Å²) in [6.07, 6.45) is 0.781. The fraction of sp³-hybridized carbons (Fsp3) is 0.273. The lowest BCUT2D eigenvalue weighted by molar-refractivity contribution is -0.114. The summed E-state index contributed by atoms with van der Waals surface area (Å²) in [7, 11) is 0. The van der Waals surface area contributed by atoms with Crippen LogP contribution < -0.4 is 10.6 Å². The average Bonchev–Trinajstić information content (AvgIpc) is 2.20. The molecule has 0 saturated carbocycles. The summed E-state index contributed by atoms with van der Waals surface area (Å²) in [4.78, 5) is 11.7. The topological polar surface area (TPSA) is 41.1 Å². The SMILES string of the molecule is CCC(=S)Nc1ccccc1NC(C)=O. The molecule has 1 aromatic rings. The molecular weight excluding hydrogens is 208 g/mol. The number of para-hydroxylation sites is 2.